The molecule has 2 aromatic carbocycles. The Hall–Kier alpha value is -2.18. The third-order valence-corrected chi connectivity index (χ3v) is 4.50. The van der Waals surface area contributed by atoms with E-state index < -0.39 is 5.97 Å². The molecule has 0 unspecified atom stereocenters. The summed E-state index contributed by atoms with van der Waals surface area (Å²) in [6.45, 7) is 0. The summed E-state index contributed by atoms with van der Waals surface area (Å²) in [5.74, 6) is -0.909. The lowest BCUT2D eigenvalue weighted by Crippen LogP contribution is -2.00. The van der Waals surface area contributed by atoms with Crippen LogP contribution in [0.3, 0.4) is 0 Å². The van der Waals surface area contributed by atoms with Gasteiger partial charge in [0, 0.05) is 6.42 Å². The van der Waals surface area contributed by atoms with Gasteiger partial charge in [0.15, 0.2) is 3.95 Å². The van der Waals surface area contributed by atoms with Crippen molar-refractivity contribution in [2.45, 2.75) is 6.42 Å². The number of benzene rings is 2. The number of carboxylic acid groups (broad SMARTS) is 1. The Balaban J connectivity index is 2.20. The summed E-state index contributed by atoms with van der Waals surface area (Å²) in [6.07, 6.45) is 0.436. The van der Waals surface area contributed by atoms with Gasteiger partial charge in [-0.25, -0.2) is 4.79 Å². The highest BCUT2D eigenvalue weighted by Crippen LogP contribution is 2.29. The van der Waals surface area contributed by atoms with Crippen molar-refractivity contribution in [1.82, 2.24) is 4.98 Å². The van der Waals surface area contributed by atoms with Crippen LogP contribution in [0.15, 0.2) is 36.4 Å². The predicted octanol–water partition coefficient (Wildman–Crippen LogP) is 3.95. The third-order valence-electron chi connectivity index (χ3n) is 3.27. The first kappa shape index (κ1) is 13.8. The average molecular weight is 317 g/mol. The molecule has 3 rings (SSSR count). The van der Waals surface area contributed by atoms with Gasteiger partial charge in [0.2, 0.25) is 5.88 Å². The molecule has 3 aromatic rings. The largest absolute Gasteiger partial charge is 0.494 e. The van der Waals surface area contributed by atoms with Crippen LogP contribution < -0.4 is 0 Å². The molecule has 0 saturated carbocycles. The fourth-order valence-electron chi connectivity index (χ4n) is 2.39. The molecule has 0 bridgehead atoms. The van der Waals surface area contributed by atoms with Crippen molar-refractivity contribution >= 4 is 40.3 Å². The summed E-state index contributed by atoms with van der Waals surface area (Å²) in [6, 6.07) is 10.8. The fraction of sp³-hybridized carbons (Fsp3) is 0.0667. The monoisotopic (exact) mass is 317 g/mol. The zero-order chi connectivity index (χ0) is 15.0. The van der Waals surface area contributed by atoms with Crippen LogP contribution in [-0.2, 0) is 6.42 Å². The molecule has 0 atom stereocenters. The number of aromatic amines is 1. The van der Waals surface area contributed by atoms with Crippen molar-refractivity contribution < 1.29 is 15.0 Å². The number of aromatic hydroxyl groups is 1. The van der Waals surface area contributed by atoms with Crippen molar-refractivity contribution in [3.63, 3.8) is 0 Å². The maximum absolute atomic E-state index is 11.4. The van der Waals surface area contributed by atoms with E-state index in [-0.39, 0.29) is 11.4 Å². The number of fused-ring (bicyclic) bond motifs is 1. The van der Waals surface area contributed by atoms with E-state index in [2.05, 4.69) is 4.98 Å². The lowest BCUT2D eigenvalue weighted by molar-refractivity contribution is 0.0699. The summed E-state index contributed by atoms with van der Waals surface area (Å²) in [5.41, 5.74) is 1.12. The molecule has 6 heteroatoms. The first-order chi connectivity index (χ1) is 10.1. The molecule has 3 N–H and O–H groups in total. The fourth-order valence-corrected chi connectivity index (χ4v) is 3.53. The molecule has 1 aromatic heterocycles. The molecule has 0 fully saturated rings. The molecule has 106 valence electrons. The number of carboxylic acids is 1. The van der Waals surface area contributed by atoms with Gasteiger partial charge in [0.05, 0.1) is 10.4 Å². The van der Waals surface area contributed by atoms with E-state index >= 15 is 0 Å². The van der Waals surface area contributed by atoms with E-state index in [0.717, 1.165) is 10.9 Å². The maximum atomic E-state index is 11.4. The molecule has 0 aliphatic carbocycles. The van der Waals surface area contributed by atoms with Crippen molar-refractivity contribution in [3.8, 4) is 5.88 Å². The lowest BCUT2D eigenvalue weighted by Gasteiger charge is -2.08. The molecule has 0 radical (unpaired) electrons. The number of H-pyrrole nitrogens is 1. The summed E-state index contributed by atoms with van der Waals surface area (Å²) in [4.78, 5) is 14.8. The van der Waals surface area contributed by atoms with Crippen molar-refractivity contribution in [1.29, 1.82) is 0 Å². The highest BCUT2D eigenvalue weighted by Gasteiger charge is 2.14. The van der Waals surface area contributed by atoms with E-state index in [1.165, 1.54) is 11.3 Å². The minimum absolute atomic E-state index is 0.0507. The minimum Gasteiger partial charge on any atom is -0.494 e. The summed E-state index contributed by atoms with van der Waals surface area (Å²) in [5, 5.41) is 20.7. The highest BCUT2D eigenvalue weighted by molar-refractivity contribution is 7.73. The van der Waals surface area contributed by atoms with Crippen LogP contribution in [-0.4, -0.2) is 21.2 Å². The molecule has 0 aliphatic heterocycles. The molecule has 0 aliphatic rings. The number of carbonyl (C=O) groups is 1. The lowest BCUT2D eigenvalue weighted by atomic mass is 9.97. The van der Waals surface area contributed by atoms with Gasteiger partial charge in [-0.3, -0.25) is 0 Å². The van der Waals surface area contributed by atoms with Gasteiger partial charge in [0.25, 0.3) is 0 Å². The third kappa shape index (κ3) is 2.55. The standard InChI is InChI=1S/C15H11NO3S2/c17-13-11(21-15(20)16-13)7-9-5-1-3-8-4-2-6-10(12(8)9)14(18)19/h1-6,17H,7H2,(H,16,20)(H,18,19). The summed E-state index contributed by atoms with van der Waals surface area (Å²) < 4.78 is 0.501. The number of hydrogen-bond acceptors (Lipinski definition) is 4. The smallest absolute Gasteiger partial charge is 0.336 e. The van der Waals surface area contributed by atoms with E-state index in [1.54, 1.807) is 12.1 Å². The number of rotatable bonds is 3. The number of aromatic carboxylic acids is 1. The molecular formula is C15H11NO3S2. The summed E-state index contributed by atoms with van der Waals surface area (Å²) >= 11 is 6.30. The Kier molecular flexibility index (Phi) is 3.48. The van der Waals surface area contributed by atoms with Crippen LogP contribution in [0.2, 0.25) is 0 Å². The van der Waals surface area contributed by atoms with Gasteiger partial charge in [-0.05, 0) is 34.6 Å². The Morgan fingerprint density at radius 3 is 2.57 bits per heavy atom. The zero-order valence-corrected chi connectivity index (χ0v) is 12.4. The van der Waals surface area contributed by atoms with Gasteiger partial charge in [-0.1, -0.05) is 30.3 Å². The van der Waals surface area contributed by atoms with Crippen LogP contribution in [0.25, 0.3) is 10.8 Å². The SMILES string of the molecule is O=C(O)c1cccc2cccc(Cc3sc(=S)[nH]c3O)c12. The van der Waals surface area contributed by atoms with Crippen molar-refractivity contribution in [2.24, 2.45) is 0 Å². The van der Waals surface area contributed by atoms with Crippen LogP contribution >= 0.6 is 23.6 Å². The second-order valence-corrected chi connectivity index (χ2v) is 6.36. The normalized spacial score (nSPS) is 10.9. The second-order valence-electron chi connectivity index (χ2n) is 4.59. The number of aromatic nitrogens is 1. The van der Waals surface area contributed by atoms with Gasteiger partial charge in [-0.15, -0.1) is 11.3 Å². The number of thiazole rings is 1. The molecule has 0 amide bonds. The van der Waals surface area contributed by atoms with Crippen molar-refractivity contribution in [2.75, 3.05) is 0 Å². The molecule has 1 heterocycles. The van der Waals surface area contributed by atoms with Gasteiger partial charge in [-0.2, -0.15) is 0 Å². The van der Waals surface area contributed by atoms with Crippen LogP contribution in [0.1, 0.15) is 20.8 Å². The van der Waals surface area contributed by atoms with E-state index in [0.29, 0.717) is 20.6 Å². The maximum Gasteiger partial charge on any atom is 0.336 e. The Labute approximate surface area is 129 Å². The topological polar surface area (TPSA) is 73.3 Å². The molecule has 4 nitrogen and oxygen atoms in total. The quantitative estimate of drug-likeness (QED) is 0.639. The zero-order valence-electron chi connectivity index (χ0n) is 10.8. The van der Waals surface area contributed by atoms with Crippen LogP contribution in [0, 0.1) is 3.95 Å². The first-order valence-corrected chi connectivity index (χ1v) is 7.43. The summed E-state index contributed by atoms with van der Waals surface area (Å²) in [7, 11) is 0. The van der Waals surface area contributed by atoms with Crippen LogP contribution in [0.4, 0.5) is 0 Å². The van der Waals surface area contributed by atoms with Gasteiger partial charge < -0.3 is 15.2 Å². The van der Waals surface area contributed by atoms with Crippen LogP contribution in [0.5, 0.6) is 5.88 Å². The van der Waals surface area contributed by atoms with E-state index in [9.17, 15) is 15.0 Å². The number of hydrogen-bond donors (Lipinski definition) is 3. The molecule has 21 heavy (non-hydrogen) atoms. The second kappa shape index (κ2) is 5.31. The molecular weight excluding hydrogens is 306 g/mol. The first-order valence-electron chi connectivity index (χ1n) is 6.21. The van der Waals surface area contributed by atoms with E-state index in [4.69, 9.17) is 12.2 Å². The van der Waals surface area contributed by atoms with E-state index in [1.807, 2.05) is 24.3 Å². The molecule has 0 spiro atoms. The predicted molar refractivity (Wildman–Crippen MR) is 84.9 cm³/mol. The van der Waals surface area contributed by atoms with Crippen molar-refractivity contribution in [3.05, 3.63) is 56.4 Å². The Morgan fingerprint density at radius 2 is 1.95 bits per heavy atom. The van der Waals surface area contributed by atoms with Gasteiger partial charge in [0.1, 0.15) is 0 Å². The highest BCUT2D eigenvalue weighted by atomic mass is 32.1. The number of nitrogens with one attached hydrogen (secondary N) is 1. The minimum atomic E-state index is -0.959. The average Bonchev–Trinajstić information content (AvgIpc) is 2.76. The van der Waals surface area contributed by atoms with Gasteiger partial charge >= 0.3 is 5.97 Å². The molecule has 0 saturated heterocycles. The Morgan fingerprint density at radius 1 is 1.24 bits per heavy atom. The Bertz CT molecular complexity index is 890.